The number of halogens is 1. The topological polar surface area (TPSA) is 56.3 Å². The van der Waals surface area contributed by atoms with Gasteiger partial charge in [0.1, 0.15) is 5.75 Å². The van der Waals surface area contributed by atoms with Crippen molar-refractivity contribution in [3.63, 3.8) is 0 Å². The standard InChI is InChI=1S/C17H20ClN3O2/c1-11-15(14-6-5-12(22-2)8-16(14)18)10-20-17(21-11)19-9-13-4-3-7-23-13/h5-6,8,10,13H,3-4,7,9H2,1-2H3,(H,19,20,21). The van der Waals surface area contributed by atoms with Crippen LogP contribution in [0, 0.1) is 6.92 Å². The fourth-order valence-electron chi connectivity index (χ4n) is 2.67. The molecule has 1 aromatic heterocycles. The second-order valence-electron chi connectivity index (χ2n) is 5.55. The highest BCUT2D eigenvalue weighted by molar-refractivity contribution is 6.33. The number of ether oxygens (including phenoxy) is 2. The number of hydrogen-bond donors (Lipinski definition) is 1. The van der Waals surface area contributed by atoms with Gasteiger partial charge in [-0.2, -0.15) is 0 Å². The number of hydrogen-bond acceptors (Lipinski definition) is 5. The van der Waals surface area contributed by atoms with E-state index in [0.717, 1.165) is 48.6 Å². The van der Waals surface area contributed by atoms with Crippen molar-refractivity contribution in [3.05, 3.63) is 35.1 Å². The largest absolute Gasteiger partial charge is 0.497 e. The number of nitrogens with zero attached hydrogens (tertiary/aromatic N) is 2. The molecule has 1 aliphatic heterocycles. The predicted molar refractivity (Wildman–Crippen MR) is 91.2 cm³/mol. The molecule has 122 valence electrons. The Hall–Kier alpha value is -1.85. The lowest BCUT2D eigenvalue weighted by Crippen LogP contribution is -2.19. The SMILES string of the molecule is COc1ccc(-c2cnc(NCC3CCCO3)nc2C)c(Cl)c1. The molecule has 6 heteroatoms. The van der Waals surface area contributed by atoms with Gasteiger partial charge in [-0.3, -0.25) is 0 Å². The van der Waals surface area contributed by atoms with Gasteiger partial charge in [-0.15, -0.1) is 0 Å². The summed E-state index contributed by atoms with van der Waals surface area (Å²) in [5.74, 6) is 1.35. The third kappa shape index (κ3) is 3.74. The van der Waals surface area contributed by atoms with E-state index in [-0.39, 0.29) is 6.10 Å². The summed E-state index contributed by atoms with van der Waals surface area (Å²) < 4.78 is 10.8. The summed E-state index contributed by atoms with van der Waals surface area (Å²) in [6.45, 7) is 3.54. The summed E-state index contributed by atoms with van der Waals surface area (Å²) in [5.41, 5.74) is 2.69. The molecule has 5 nitrogen and oxygen atoms in total. The maximum absolute atomic E-state index is 6.33. The second-order valence-corrected chi connectivity index (χ2v) is 5.96. The third-order valence-electron chi connectivity index (χ3n) is 3.96. The number of rotatable bonds is 5. The zero-order valence-electron chi connectivity index (χ0n) is 13.3. The van der Waals surface area contributed by atoms with Crippen LogP contribution in [0.25, 0.3) is 11.1 Å². The molecule has 0 saturated carbocycles. The first-order valence-electron chi connectivity index (χ1n) is 7.70. The van der Waals surface area contributed by atoms with E-state index in [2.05, 4.69) is 15.3 Å². The maximum Gasteiger partial charge on any atom is 0.222 e. The molecule has 2 heterocycles. The van der Waals surface area contributed by atoms with E-state index >= 15 is 0 Å². The van der Waals surface area contributed by atoms with Crippen LogP contribution in [-0.4, -0.2) is 36.3 Å². The van der Waals surface area contributed by atoms with Crippen molar-refractivity contribution in [1.29, 1.82) is 0 Å². The molecule has 2 aromatic rings. The van der Waals surface area contributed by atoms with Crippen molar-refractivity contribution in [2.45, 2.75) is 25.9 Å². The summed E-state index contributed by atoms with van der Waals surface area (Å²) in [6, 6.07) is 5.59. The van der Waals surface area contributed by atoms with E-state index < -0.39 is 0 Å². The molecule has 23 heavy (non-hydrogen) atoms. The zero-order chi connectivity index (χ0) is 16.2. The lowest BCUT2D eigenvalue weighted by Gasteiger charge is -2.13. The minimum Gasteiger partial charge on any atom is -0.497 e. The van der Waals surface area contributed by atoms with Crippen LogP contribution in [-0.2, 0) is 4.74 Å². The van der Waals surface area contributed by atoms with E-state index in [1.165, 1.54) is 0 Å². The van der Waals surface area contributed by atoms with Gasteiger partial charge in [0, 0.05) is 30.5 Å². The van der Waals surface area contributed by atoms with Crippen LogP contribution in [0.1, 0.15) is 18.5 Å². The minimum absolute atomic E-state index is 0.259. The molecule has 0 spiro atoms. The van der Waals surface area contributed by atoms with Gasteiger partial charge in [-0.05, 0) is 38.0 Å². The average molecular weight is 334 g/mol. The first-order valence-corrected chi connectivity index (χ1v) is 8.08. The van der Waals surface area contributed by atoms with Gasteiger partial charge in [0.2, 0.25) is 5.95 Å². The lowest BCUT2D eigenvalue weighted by molar-refractivity contribution is 0.120. The molecule has 1 fully saturated rings. The molecule has 1 N–H and O–H groups in total. The van der Waals surface area contributed by atoms with Gasteiger partial charge in [-0.25, -0.2) is 9.97 Å². The number of anilines is 1. The summed E-state index contributed by atoms with van der Waals surface area (Å²) in [4.78, 5) is 8.92. The quantitative estimate of drug-likeness (QED) is 0.904. The number of methoxy groups -OCH3 is 1. The molecule has 1 unspecified atom stereocenters. The molecule has 1 saturated heterocycles. The number of benzene rings is 1. The molecule has 0 aliphatic carbocycles. The molecular weight excluding hydrogens is 314 g/mol. The maximum atomic E-state index is 6.33. The monoisotopic (exact) mass is 333 g/mol. The predicted octanol–water partition coefficient (Wildman–Crippen LogP) is 3.70. The summed E-state index contributed by atoms with van der Waals surface area (Å²) in [6.07, 6.45) is 4.27. The van der Waals surface area contributed by atoms with Gasteiger partial charge >= 0.3 is 0 Å². The Morgan fingerprint density at radius 2 is 2.26 bits per heavy atom. The highest BCUT2D eigenvalue weighted by Crippen LogP contribution is 2.32. The van der Waals surface area contributed by atoms with Crippen LogP contribution in [0.5, 0.6) is 5.75 Å². The van der Waals surface area contributed by atoms with E-state index in [4.69, 9.17) is 21.1 Å². The van der Waals surface area contributed by atoms with Gasteiger partial charge in [0.25, 0.3) is 0 Å². The first-order chi connectivity index (χ1) is 11.2. The van der Waals surface area contributed by atoms with Crippen LogP contribution < -0.4 is 10.1 Å². The van der Waals surface area contributed by atoms with Gasteiger partial charge in [0.15, 0.2) is 0 Å². The number of nitrogens with one attached hydrogen (secondary N) is 1. The Morgan fingerprint density at radius 1 is 1.39 bits per heavy atom. The van der Waals surface area contributed by atoms with Crippen molar-refractivity contribution in [2.24, 2.45) is 0 Å². The molecule has 3 rings (SSSR count). The van der Waals surface area contributed by atoms with E-state index in [0.29, 0.717) is 11.0 Å². The van der Waals surface area contributed by atoms with Crippen molar-refractivity contribution < 1.29 is 9.47 Å². The minimum atomic E-state index is 0.259. The highest BCUT2D eigenvalue weighted by Gasteiger charge is 2.16. The zero-order valence-corrected chi connectivity index (χ0v) is 14.1. The Bertz CT molecular complexity index is 688. The Morgan fingerprint density at radius 3 is 2.91 bits per heavy atom. The van der Waals surface area contributed by atoms with Crippen LogP contribution >= 0.6 is 11.6 Å². The normalized spacial score (nSPS) is 17.3. The Kier molecular flexibility index (Phi) is 4.98. The molecule has 1 aromatic carbocycles. The van der Waals surface area contributed by atoms with E-state index in [9.17, 15) is 0 Å². The molecule has 0 amide bonds. The summed E-state index contributed by atoms with van der Waals surface area (Å²) >= 11 is 6.33. The van der Waals surface area contributed by atoms with Crippen LogP contribution in [0.3, 0.4) is 0 Å². The Balaban J connectivity index is 1.76. The smallest absolute Gasteiger partial charge is 0.222 e. The highest BCUT2D eigenvalue weighted by atomic mass is 35.5. The molecular formula is C17H20ClN3O2. The Labute approximate surface area is 141 Å². The number of aryl methyl sites for hydroxylation is 1. The van der Waals surface area contributed by atoms with Crippen molar-refractivity contribution >= 4 is 17.5 Å². The second kappa shape index (κ2) is 7.15. The fraction of sp³-hybridized carbons (Fsp3) is 0.412. The summed E-state index contributed by atoms with van der Waals surface area (Å²) in [7, 11) is 1.62. The average Bonchev–Trinajstić information content (AvgIpc) is 3.07. The molecule has 1 atom stereocenters. The van der Waals surface area contributed by atoms with Crippen molar-refractivity contribution in [1.82, 2.24) is 9.97 Å². The van der Waals surface area contributed by atoms with Gasteiger partial charge in [0.05, 0.1) is 23.9 Å². The van der Waals surface area contributed by atoms with E-state index in [1.54, 1.807) is 19.4 Å². The number of aromatic nitrogens is 2. The third-order valence-corrected chi connectivity index (χ3v) is 4.27. The van der Waals surface area contributed by atoms with Gasteiger partial charge < -0.3 is 14.8 Å². The van der Waals surface area contributed by atoms with Crippen LogP contribution in [0.15, 0.2) is 24.4 Å². The molecule has 1 aliphatic rings. The van der Waals surface area contributed by atoms with Gasteiger partial charge in [-0.1, -0.05) is 11.6 Å². The van der Waals surface area contributed by atoms with Crippen LogP contribution in [0.2, 0.25) is 5.02 Å². The van der Waals surface area contributed by atoms with E-state index in [1.807, 2.05) is 19.1 Å². The fourth-order valence-corrected chi connectivity index (χ4v) is 2.94. The molecule has 0 radical (unpaired) electrons. The molecule has 0 bridgehead atoms. The van der Waals surface area contributed by atoms with Crippen molar-refractivity contribution in [3.8, 4) is 16.9 Å². The lowest BCUT2D eigenvalue weighted by atomic mass is 10.1. The first kappa shape index (κ1) is 16.0. The summed E-state index contributed by atoms with van der Waals surface area (Å²) in [5, 5.41) is 3.86. The van der Waals surface area contributed by atoms with Crippen LogP contribution in [0.4, 0.5) is 5.95 Å². The van der Waals surface area contributed by atoms with Crippen molar-refractivity contribution in [2.75, 3.05) is 25.6 Å².